The van der Waals surface area contributed by atoms with E-state index in [9.17, 15) is 14.9 Å². The number of carbonyl (C=O) groups excluding carboxylic acids is 2. The number of fused-ring (bicyclic) bond motifs is 1. The maximum Gasteiger partial charge on any atom is 0.322 e. The number of urea groups is 1. The number of benzene rings is 2. The number of nitriles is 1. The fourth-order valence-electron chi connectivity index (χ4n) is 4.67. The Hall–Kier alpha value is -3.74. The van der Waals surface area contributed by atoms with Crippen molar-refractivity contribution in [3.05, 3.63) is 75.8 Å². The van der Waals surface area contributed by atoms with E-state index in [-0.39, 0.29) is 18.0 Å². The number of hydrogen-bond donors (Lipinski definition) is 2. The number of nitrogens with one attached hydrogen (secondary N) is 2. The Morgan fingerprint density at radius 3 is 2.86 bits per heavy atom. The topological polar surface area (TPSA) is 101 Å². The maximum absolute atomic E-state index is 13.1. The molecule has 3 heterocycles. The van der Waals surface area contributed by atoms with Gasteiger partial charge < -0.3 is 15.1 Å². The highest BCUT2D eigenvalue weighted by Crippen LogP contribution is 2.33. The van der Waals surface area contributed by atoms with Crippen LogP contribution in [-0.4, -0.2) is 46.9 Å². The Balaban J connectivity index is 1.30. The molecule has 2 N–H and O–H groups in total. The SMILES string of the molecule is CN1CCc2nc(NC(=O)c3cccc(C4CCCN4C(=O)Nc4ccccc4C#N)c3)sc2C1. The number of anilines is 2. The Kier molecular flexibility index (Phi) is 6.49. The molecule has 2 aromatic carbocycles. The fourth-order valence-corrected chi connectivity index (χ4v) is 5.75. The first kappa shape index (κ1) is 23.0. The average molecular weight is 487 g/mol. The molecule has 1 saturated heterocycles. The summed E-state index contributed by atoms with van der Waals surface area (Å²) in [4.78, 5) is 35.9. The van der Waals surface area contributed by atoms with Crippen molar-refractivity contribution in [3.63, 3.8) is 0 Å². The van der Waals surface area contributed by atoms with Gasteiger partial charge in [0.25, 0.3) is 5.91 Å². The van der Waals surface area contributed by atoms with E-state index in [1.54, 1.807) is 35.2 Å². The molecular weight excluding hydrogens is 460 g/mol. The van der Waals surface area contributed by atoms with E-state index < -0.39 is 0 Å². The van der Waals surface area contributed by atoms with E-state index in [0.29, 0.717) is 28.5 Å². The highest BCUT2D eigenvalue weighted by atomic mass is 32.1. The smallest absolute Gasteiger partial charge is 0.317 e. The van der Waals surface area contributed by atoms with Crippen LogP contribution < -0.4 is 10.6 Å². The molecule has 0 radical (unpaired) electrons. The van der Waals surface area contributed by atoms with Crippen molar-refractivity contribution in [2.75, 3.05) is 30.8 Å². The number of carbonyl (C=O) groups is 2. The Labute approximate surface area is 208 Å². The van der Waals surface area contributed by atoms with Crippen molar-refractivity contribution in [3.8, 4) is 6.07 Å². The zero-order chi connectivity index (χ0) is 24.4. The number of nitrogens with zero attached hydrogens (tertiary/aromatic N) is 4. The molecule has 1 aromatic heterocycles. The van der Waals surface area contributed by atoms with Crippen LogP contribution in [0, 0.1) is 11.3 Å². The number of rotatable bonds is 4. The summed E-state index contributed by atoms with van der Waals surface area (Å²) in [5.74, 6) is -0.205. The lowest BCUT2D eigenvalue weighted by molar-refractivity contribution is 0.102. The lowest BCUT2D eigenvalue weighted by atomic mass is 10.0. The van der Waals surface area contributed by atoms with Gasteiger partial charge in [-0.05, 0) is 49.7 Å². The number of amides is 3. The molecule has 35 heavy (non-hydrogen) atoms. The van der Waals surface area contributed by atoms with Gasteiger partial charge in [0.2, 0.25) is 0 Å². The summed E-state index contributed by atoms with van der Waals surface area (Å²) in [5.41, 5.74) is 3.44. The lowest BCUT2D eigenvalue weighted by Crippen LogP contribution is -2.34. The van der Waals surface area contributed by atoms with Gasteiger partial charge in [0, 0.05) is 36.5 Å². The van der Waals surface area contributed by atoms with Gasteiger partial charge in [-0.2, -0.15) is 5.26 Å². The fraction of sp³-hybridized carbons (Fsp3) is 0.308. The van der Waals surface area contributed by atoms with Crippen LogP contribution in [0.5, 0.6) is 0 Å². The van der Waals surface area contributed by atoms with Crippen LogP contribution in [0.15, 0.2) is 48.5 Å². The number of likely N-dealkylation sites (N-methyl/N-ethyl adjacent to an activating group) is 1. The van der Waals surface area contributed by atoms with Crippen LogP contribution in [-0.2, 0) is 13.0 Å². The molecule has 1 atom stereocenters. The van der Waals surface area contributed by atoms with Crippen LogP contribution in [0.1, 0.15) is 50.9 Å². The first-order valence-electron chi connectivity index (χ1n) is 11.7. The molecule has 1 fully saturated rings. The van der Waals surface area contributed by atoms with Gasteiger partial charge in [-0.3, -0.25) is 10.1 Å². The van der Waals surface area contributed by atoms with Crippen molar-refractivity contribution in [1.82, 2.24) is 14.8 Å². The third-order valence-electron chi connectivity index (χ3n) is 6.48. The number of aromatic nitrogens is 1. The van der Waals surface area contributed by atoms with E-state index >= 15 is 0 Å². The molecule has 5 rings (SSSR count). The van der Waals surface area contributed by atoms with Gasteiger partial charge in [0.1, 0.15) is 6.07 Å². The predicted molar refractivity (Wildman–Crippen MR) is 135 cm³/mol. The van der Waals surface area contributed by atoms with E-state index in [1.807, 2.05) is 18.2 Å². The van der Waals surface area contributed by atoms with Crippen molar-refractivity contribution in [1.29, 1.82) is 5.26 Å². The first-order chi connectivity index (χ1) is 17.0. The predicted octanol–water partition coefficient (Wildman–Crippen LogP) is 4.62. The van der Waals surface area contributed by atoms with Gasteiger partial charge in [0.15, 0.2) is 5.13 Å². The quantitative estimate of drug-likeness (QED) is 0.560. The van der Waals surface area contributed by atoms with Gasteiger partial charge in [-0.1, -0.05) is 24.3 Å². The molecule has 2 aliphatic rings. The molecule has 3 amide bonds. The normalized spacial score (nSPS) is 17.5. The number of para-hydroxylation sites is 1. The standard InChI is InChI=1S/C26H26N6O2S/c1-31-13-11-21-23(16-31)35-25(28-21)30-24(33)18-8-4-7-17(14-18)22-10-5-12-32(22)26(34)29-20-9-3-2-6-19(20)15-27/h2-4,6-9,14,22H,5,10-13,16H2,1H3,(H,29,34)(H,28,30,33). The molecule has 9 heteroatoms. The van der Waals surface area contributed by atoms with Crippen molar-refractivity contribution in [2.45, 2.75) is 31.8 Å². The second-order valence-corrected chi connectivity index (χ2v) is 9.98. The molecule has 2 aliphatic heterocycles. The largest absolute Gasteiger partial charge is 0.322 e. The minimum Gasteiger partial charge on any atom is -0.317 e. The summed E-state index contributed by atoms with van der Waals surface area (Å²) in [6, 6.07) is 16.1. The van der Waals surface area contributed by atoms with Crippen LogP contribution in [0.3, 0.4) is 0 Å². The van der Waals surface area contributed by atoms with E-state index in [4.69, 9.17) is 0 Å². The monoisotopic (exact) mass is 486 g/mol. The molecule has 3 aromatic rings. The Morgan fingerprint density at radius 1 is 1.14 bits per heavy atom. The van der Waals surface area contributed by atoms with E-state index in [0.717, 1.165) is 43.6 Å². The van der Waals surface area contributed by atoms with Gasteiger partial charge in [-0.15, -0.1) is 11.3 Å². The number of hydrogen-bond acceptors (Lipinski definition) is 6. The van der Waals surface area contributed by atoms with Crippen molar-refractivity contribution >= 4 is 34.1 Å². The summed E-state index contributed by atoms with van der Waals surface area (Å²) in [6.45, 7) is 2.44. The summed E-state index contributed by atoms with van der Waals surface area (Å²) in [7, 11) is 2.08. The summed E-state index contributed by atoms with van der Waals surface area (Å²) in [5, 5.41) is 15.8. The first-order valence-corrected chi connectivity index (χ1v) is 12.5. The third-order valence-corrected chi connectivity index (χ3v) is 7.48. The summed E-state index contributed by atoms with van der Waals surface area (Å²) < 4.78 is 0. The van der Waals surface area contributed by atoms with Gasteiger partial charge in [-0.25, -0.2) is 9.78 Å². The van der Waals surface area contributed by atoms with Gasteiger partial charge >= 0.3 is 6.03 Å². The minimum atomic E-state index is -0.247. The van der Waals surface area contributed by atoms with E-state index in [1.165, 1.54) is 16.2 Å². The molecule has 0 aliphatic carbocycles. The second kappa shape index (κ2) is 9.86. The number of likely N-dealkylation sites (tertiary alicyclic amines) is 1. The third kappa shape index (κ3) is 4.90. The molecule has 178 valence electrons. The van der Waals surface area contributed by atoms with Crippen LogP contribution in [0.25, 0.3) is 0 Å². The zero-order valence-corrected chi connectivity index (χ0v) is 20.3. The second-order valence-electron chi connectivity index (χ2n) is 8.90. The van der Waals surface area contributed by atoms with Crippen LogP contribution in [0.4, 0.5) is 15.6 Å². The lowest BCUT2D eigenvalue weighted by Gasteiger charge is -2.26. The molecule has 0 spiro atoms. The highest BCUT2D eigenvalue weighted by Gasteiger charge is 2.31. The van der Waals surface area contributed by atoms with Gasteiger partial charge in [0.05, 0.1) is 23.0 Å². The summed E-state index contributed by atoms with van der Waals surface area (Å²) >= 11 is 1.53. The molecule has 1 unspecified atom stereocenters. The molecular formula is C26H26N6O2S. The average Bonchev–Trinajstić information content (AvgIpc) is 3.51. The van der Waals surface area contributed by atoms with Crippen molar-refractivity contribution < 1.29 is 9.59 Å². The van der Waals surface area contributed by atoms with Crippen LogP contribution in [0.2, 0.25) is 0 Å². The summed E-state index contributed by atoms with van der Waals surface area (Å²) in [6.07, 6.45) is 2.57. The molecule has 0 saturated carbocycles. The van der Waals surface area contributed by atoms with Crippen molar-refractivity contribution in [2.24, 2.45) is 0 Å². The zero-order valence-electron chi connectivity index (χ0n) is 19.5. The Morgan fingerprint density at radius 2 is 2.00 bits per heavy atom. The minimum absolute atomic E-state index is 0.139. The van der Waals surface area contributed by atoms with Crippen LogP contribution >= 0.6 is 11.3 Å². The maximum atomic E-state index is 13.1. The Bertz CT molecular complexity index is 1310. The molecule has 8 nitrogen and oxygen atoms in total. The molecule has 0 bridgehead atoms. The highest BCUT2D eigenvalue weighted by molar-refractivity contribution is 7.15. The number of thiazole rings is 1. The van der Waals surface area contributed by atoms with E-state index in [2.05, 4.69) is 33.6 Å².